The molecular weight excluding hydrogens is 327 g/mol. The minimum absolute atomic E-state index is 0. The van der Waals surface area contributed by atoms with E-state index in [0.717, 1.165) is 18.5 Å². The standard InChI is InChI=1S/C19H30N2.2ClH/c1-15-6-7-18(14-21-12-4-3-5-16(21)2)19(13-15)17-8-10-20-11-9-17;;/h6-7,13,16-17,20H,3-5,8-12,14H2,1-2H3;2*1H. The molecule has 0 radical (unpaired) electrons. The molecule has 2 aliphatic rings. The second kappa shape index (κ2) is 9.88. The van der Waals surface area contributed by atoms with E-state index in [2.05, 4.69) is 42.3 Å². The van der Waals surface area contributed by atoms with Crippen LogP contribution in [0, 0.1) is 6.92 Å². The lowest BCUT2D eigenvalue weighted by Crippen LogP contribution is -2.37. The first-order chi connectivity index (χ1) is 10.2. The molecule has 2 nitrogen and oxygen atoms in total. The van der Waals surface area contributed by atoms with Gasteiger partial charge in [-0.1, -0.05) is 30.2 Å². The Morgan fingerprint density at radius 1 is 1.09 bits per heavy atom. The van der Waals surface area contributed by atoms with Gasteiger partial charge in [0, 0.05) is 12.6 Å². The number of rotatable bonds is 3. The highest BCUT2D eigenvalue weighted by Crippen LogP contribution is 2.31. The highest BCUT2D eigenvalue weighted by atomic mass is 35.5. The van der Waals surface area contributed by atoms with Gasteiger partial charge in [0.05, 0.1) is 0 Å². The zero-order chi connectivity index (χ0) is 14.7. The highest BCUT2D eigenvalue weighted by molar-refractivity contribution is 5.85. The first-order valence-electron chi connectivity index (χ1n) is 8.78. The van der Waals surface area contributed by atoms with E-state index in [0.29, 0.717) is 0 Å². The predicted octanol–water partition coefficient (Wildman–Crippen LogP) is 4.68. The number of benzene rings is 1. The number of halogens is 2. The molecule has 2 fully saturated rings. The molecule has 4 heteroatoms. The molecule has 0 spiro atoms. The normalized spacial score (nSPS) is 23.0. The Kier molecular flexibility index (Phi) is 8.92. The topological polar surface area (TPSA) is 15.3 Å². The summed E-state index contributed by atoms with van der Waals surface area (Å²) in [5.74, 6) is 0.765. The summed E-state index contributed by atoms with van der Waals surface area (Å²) in [6.07, 6.45) is 6.75. The Balaban J connectivity index is 0.00000132. The van der Waals surface area contributed by atoms with E-state index in [9.17, 15) is 0 Å². The van der Waals surface area contributed by atoms with Gasteiger partial charge in [0.25, 0.3) is 0 Å². The van der Waals surface area contributed by atoms with Crippen molar-refractivity contribution in [2.24, 2.45) is 0 Å². The van der Waals surface area contributed by atoms with Crippen LogP contribution in [0.3, 0.4) is 0 Å². The molecule has 1 N–H and O–H groups in total. The molecule has 0 saturated carbocycles. The number of likely N-dealkylation sites (tertiary alicyclic amines) is 1. The fourth-order valence-corrected chi connectivity index (χ4v) is 3.98. The van der Waals surface area contributed by atoms with Crippen molar-refractivity contribution in [3.05, 3.63) is 34.9 Å². The second-order valence-corrected chi connectivity index (χ2v) is 7.04. The third-order valence-electron chi connectivity index (χ3n) is 5.39. The lowest BCUT2D eigenvalue weighted by molar-refractivity contribution is 0.152. The number of hydrogen-bond acceptors (Lipinski definition) is 2. The van der Waals surface area contributed by atoms with Crippen LogP contribution in [-0.4, -0.2) is 30.6 Å². The predicted molar refractivity (Wildman–Crippen MR) is 104 cm³/mol. The van der Waals surface area contributed by atoms with Crippen LogP contribution < -0.4 is 5.32 Å². The van der Waals surface area contributed by atoms with Gasteiger partial charge in [0.1, 0.15) is 0 Å². The summed E-state index contributed by atoms with van der Waals surface area (Å²) >= 11 is 0. The van der Waals surface area contributed by atoms with E-state index in [-0.39, 0.29) is 24.8 Å². The average Bonchev–Trinajstić information content (AvgIpc) is 2.52. The van der Waals surface area contributed by atoms with Gasteiger partial charge in [-0.2, -0.15) is 0 Å². The quantitative estimate of drug-likeness (QED) is 0.843. The molecule has 0 amide bonds. The molecule has 23 heavy (non-hydrogen) atoms. The number of piperidine rings is 2. The largest absolute Gasteiger partial charge is 0.317 e. The number of aryl methyl sites for hydroxylation is 1. The molecule has 0 bridgehead atoms. The van der Waals surface area contributed by atoms with Crippen LogP contribution >= 0.6 is 24.8 Å². The maximum atomic E-state index is 3.50. The second-order valence-electron chi connectivity index (χ2n) is 7.04. The van der Waals surface area contributed by atoms with Crippen molar-refractivity contribution in [1.29, 1.82) is 0 Å². The van der Waals surface area contributed by atoms with Crippen molar-refractivity contribution in [2.75, 3.05) is 19.6 Å². The zero-order valence-electron chi connectivity index (χ0n) is 14.5. The van der Waals surface area contributed by atoms with E-state index in [1.54, 1.807) is 11.1 Å². The van der Waals surface area contributed by atoms with Crippen LogP contribution in [0.4, 0.5) is 0 Å². The summed E-state index contributed by atoms with van der Waals surface area (Å²) in [5, 5.41) is 3.50. The first-order valence-corrected chi connectivity index (χ1v) is 8.78. The van der Waals surface area contributed by atoms with E-state index in [4.69, 9.17) is 0 Å². The third-order valence-corrected chi connectivity index (χ3v) is 5.39. The third kappa shape index (κ3) is 5.35. The van der Waals surface area contributed by atoms with Crippen LogP contribution in [0.1, 0.15) is 61.6 Å². The lowest BCUT2D eigenvalue weighted by Gasteiger charge is -2.35. The van der Waals surface area contributed by atoms with Gasteiger partial charge in [-0.05, 0) is 76.2 Å². The Morgan fingerprint density at radius 2 is 1.83 bits per heavy atom. The van der Waals surface area contributed by atoms with Crippen LogP contribution in [-0.2, 0) is 6.54 Å². The Bertz CT molecular complexity index is 472. The van der Waals surface area contributed by atoms with Crippen LogP contribution in [0.2, 0.25) is 0 Å². The van der Waals surface area contributed by atoms with E-state index in [1.807, 2.05) is 0 Å². The van der Waals surface area contributed by atoms with Crippen molar-refractivity contribution in [3.63, 3.8) is 0 Å². The van der Waals surface area contributed by atoms with Gasteiger partial charge < -0.3 is 5.32 Å². The van der Waals surface area contributed by atoms with Crippen LogP contribution in [0.5, 0.6) is 0 Å². The molecule has 1 aromatic carbocycles. The summed E-state index contributed by atoms with van der Waals surface area (Å²) in [4.78, 5) is 2.69. The fourth-order valence-electron chi connectivity index (χ4n) is 3.98. The molecule has 3 rings (SSSR count). The molecule has 1 unspecified atom stereocenters. The van der Waals surface area contributed by atoms with Crippen molar-refractivity contribution in [2.45, 2.75) is 64.5 Å². The van der Waals surface area contributed by atoms with Gasteiger partial charge in [0.2, 0.25) is 0 Å². The highest BCUT2D eigenvalue weighted by Gasteiger charge is 2.22. The zero-order valence-corrected chi connectivity index (χ0v) is 16.1. The molecule has 0 aromatic heterocycles. The molecule has 2 aliphatic heterocycles. The summed E-state index contributed by atoms with van der Waals surface area (Å²) in [6, 6.07) is 7.91. The SMILES string of the molecule is Cc1ccc(CN2CCCCC2C)c(C2CCNCC2)c1.Cl.Cl. The fraction of sp³-hybridized carbons (Fsp3) is 0.684. The van der Waals surface area contributed by atoms with Gasteiger partial charge >= 0.3 is 0 Å². The van der Waals surface area contributed by atoms with Crippen LogP contribution in [0.15, 0.2) is 18.2 Å². The summed E-state index contributed by atoms with van der Waals surface area (Å²) in [6.45, 7) is 9.42. The smallest absolute Gasteiger partial charge is 0.0239 e. The first kappa shape index (κ1) is 20.8. The van der Waals surface area contributed by atoms with Crippen molar-refractivity contribution < 1.29 is 0 Å². The minimum Gasteiger partial charge on any atom is -0.317 e. The summed E-state index contributed by atoms with van der Waals surface area (Å²) in [5.41, 5.74) is 4.63. The average molecular weight is 359 g/mol. The van der Waals surface area contributed by atoms with Crippen LogP contribution in [0.25, 0.3) is 0 Å². The van der Waals surface area contributed by atoms with E-state index in [1.165, 1.54) is 57.3 Å². The molecular formula is C19H32Cl2N2. The maximum absolute atomic E-state index is 3.50. The van der Waals surface area contributed by atoms with Crippen molar-refractivity contribution in [1.82, 2.24) is 10.2 Å². The molecule has 2 heterocycles. The van der Waals surface area contributed by atoms with Gasteiger partial charge in [-0.3, -0.25) is 4.90 Å². The van der Waals surface area contributed by atoms with Gasteiger partial charge in [-0.15, -0.1) is 24.8 Å². The van der Waals surface area contributed by atoms with E-state index < -0.39 is 0 Å². The Hall–Kier alpha value is -0.280. The maximum Gasteiger partial charge on any atom is 0.0239 e. The summed E-state index contributed by atoms with van der Waals surface area (Å²) < 4.78 is 0. The molecule has 132 valence electrons. The minimum atomic E-state index is 0. The van der Waals surface area contributed by atoms with Gasteiger partial charge in [-0.25, -0.2) is 0 Å². The molecule has 0 aliphatic carbocycles. The lowest BCUT2D eigenvalue weighted by atomic mass is 9.85. The molecule has 2 saturated heterocycles. The Labute approximate surface area is 154 Å². The number of nitrogens with zero attached hydrogens (tertiary/aromatic N) is 1. The number of hydrogen-bond donors (Lipinski definition) is 1. The monoisotopic (exact) mass is 358 g/mol. The summed E-state index contributed by atoms with van der Waals surface area (Å²) in [7, 11) is 0. The van der Waals surface area contributed by atoms with E-state index >= 15 is 0 Å². The molecule has 1 aromatic rings. The molecule has 1 atom stereocenters. The van der Waals surface area contributed by atoms with Crippen molar-refractivity contribution in [3.8, 4) is 0 Å². The van der Waals surface area contributed by atoms with Crippen molar-refractivity contribution >= 4 is 24.8 Å². The Morgan fingerprint density at radius 3 is 2.52 bits per heavy atom. The van der Waals surface area contributed by atoms with Gasteiger partial charge in [0.15, 0.2) is 0 Å². The number of nitrogens with one attached hydrogen (secondary N) is 1.